The van der Waals surface area contributed by atoms with Crippen LogP contribution in [0.2, 0.25) is 0 Å². The number of rotatable bonds is 5. The molecule has 0 unspecified atom stereocenters. The molecule has 0 aromatic heterocycles. The van der Waals surface area contributed by atoms with Gasteiger partial charge < -0.3 is 10.2 Å². The van der Waals surface area contributed by atoms with Crippen LogP contribution in [0.25, 0.3) is 11.1 Å². The number of anilines is 1. The van der Waals surface area contributed by atoms with E-state index < -0.39 is 10.8 Å². The molecule has 0 aliphatic carbocycles. The number of nitrogens with zero attached hydrogens (tertiary/aromatic N) is 4. The molecule has 0 saturated carbocycles. The predicted molar refractivity (Wildman–Crippen MR) is 115 cm³/mol. The standard InChI is InChI=1S/C22H25N5O3/c1-16(28)24-21-13-18(5-7-22(21)27(29)30)20-6-4-17(12-19(20)14-23)15-26-9-3-8-25(2)10-11-26/h4-7,12-13H,3,8-11,15H2,1-2H3,(H,24,28). The number of nitro groups is 1. The van der Waals surface area contributed by atoms with Gasteiger partial charge in [0.15, 0.2) is 0 Å². The number of nitriles is 1. The summed E-state index contributed by atoms with van der Waals surface area (Å²) in [4.78, 5) is 26.9. The molecule has 1 heterocycles. The molecular formula is C22H25N5O3. The van der Waals surface area contributed by atoms with E-state index in [1.165, 1.54) is 13.0 Å². The fourth-order valence-electron chi connectivity index (χ4n) is 3.70. The first kappa shape index (κ1) is 21.4. The molecule has 1 amide bonds. The van der Waals surface area contributed by atoms with E-state index in [4.69, 9.17) is 0 Å². The van der Waals surface area contributed by atoms with Gasteiger partial charge in [0.05, 0.1) is 16.6 Å². The Morgan fingerprint density at radius 2 is 2.00 bits per heavy atom. The first-order valence-corrected chi connectivity index (χ1v) is 9.87. The summed E-state index contributed by atoms with van der Waals surface area (Å²) in [7, 11) is 2.13. The van der Waals surface area contributed by atoms with Crippen molar-refractivity contribution in [3.05, 3.63) is 57.6 Å². The number of amides is 1. The molecule has 1 aliphatic rings. The van der Waals surface area contributed by atoms with E-state index in [-0.39, 0.29) is 11.4 Å². The van der Waals surface area contributed by atoms with Crippen molar-refractivity contribution in [1.82, 2.24) is 9.80 Å². The zero-order valence-corrected chi connectivity index (χ0v) is 17.2. The highest BCUT2D eigenvalue weighted by Crippen LogP contribution is 2.32. The Balaban J connectivity index is 1.88. The number of benzene rings is 2. The van der Waals surface area contributed by atoms with Crippen LogP contribution in [0.15, 0.2) is 36.4 Å². The van der Waals surface area contributed by atoms with Gasteiger partial charge in [-0.25, -0.2) is 0 Å². The molecule has 156 valence electrons. The van der Waals surface area contributed by atoms with Crippen LogP contribution in [0.4, 0.5) is 11.4 Å². The monoisotopic (exact) mass is 407 g/mol. The number of nitro benzene ring substituents is 1. The highest BCUT2D eigenvalue weighted by atomic mass is 16.6. The minimum Gasteiger partial charge on any atom is -0.321 e. The Kier molecular flexibility index (Phi) is 6.77. The molecule has 1 fully saturated rings. The zero-order valence-electron chi connectivity index (χ0n) is 17.2. The van der Waals surface area contributed by atoms with Gasteiger partial charge in [-0.3, -0.25) is 19.8 Å². The van der Waals surface area contributed by atoms with Gasteiger partial charge >= 0.3 is 0 Å². The fourth-order valence-corrected chi connectivity index (χ4v) is 3.70. The molecule has 0 atom stereocenters. The van der Waals surface area contributed by atoms with E-state index in [9.17, 15) is 20.2 Å². The van der Waals surface area contributed by atoms with Crippen molar-refractivity contribution in [2.24, 2.45) is 0 Å². The fraction of sp³-hybridized carbons (Fsp3) is 0.364. The Labute approximate surface area is 175 Å². The molecule has 30 heavy (non-hydrogen) atoms. The zero-order chi connectivity index (χ0) is 21.7. The molecule has 8 nitrogen and oxygen atoms in total. The molecule has 2 aromatic rings. The summed E-state index contributed by atoms with van der Waals surface area (Å²) in [6.45, 7) is 6.21. The lowest BCUT2D eigenvalue weighted by Crippen LogP contribution is -2.28. The van der Waals surface area contributed by atoms with Crippen LogP contribution < -0.4 is 5.32 Å². The van der Waals surface area contributed by atoms with Gasteiger partial charge in [-0.15, -0.1) is 0 Å². The summed E-state index contributed by atoms with van der Waals surface area (Å²) in [5, 5.41) is 23.4. The van der Waals surface area contributed by atoms with Crippen molar-refractivity contribution in [2.75, 3.05) is 38.5 Å². The Morgan fingerprint density at radius 1 is 1.20 bits per heavy atom. The highest BCUT2D eigenvalue weighted by Gasteiger charge is 2.18. The van der Waals surface area contributed by atoms with Crippen molar-refractivity contribution >= 4 is 17.3 Å². The quantitative estimate of drug-likeness (QED) is 0.603. The number of nitrogens with one attached hydrogen (secondary N) is 1. The Morgan fingerprint density at radius 3 is 2.70 bits per heavy atom. The van der Waals surface area contributed by atoms with Gasteiger partial charge in [0, 0.05) is 32.6 Å². The van der Waals surface area contributed by atoms with Crippen LogP contribution in [0, 0.1) is 21.4 Å². The third-order valence-electron chi connectivity index (χ3n) is 5.24. The molecule has 0 bridgehead atoms. The third kappa shape index (κ3) is 5.20. The summed E-state index contributed by atoms with van der Waals surface area (Å²) in [6.07, 6.45) is 1.12. The first-order chi connectivity index (χ1) is 14.4. The summed E-state index contributed by atoms with van der Waals surface area (Å²) in [6, 6.07) is 12.5. The van der Waals surface area contributed by atoms with Crippen molar-refractivity contribution in [1.29, 1.82) is 5.26 Å². The number of carbonyl (C=O) groups is 1. The van der Waals surface area contributed by atoms with Crippen LogP contribution in [-0.4, -0.2) is 53.9 Å². The van der Waals surface area contributed by atoms with Crippen LogP contribution in [0.1, 0.15) is 24.5 Å². The second-order valence-electron chi connectivity index (χ2n) is 7.59. The summed E-state index contributed by atoms with van der Waals surface area (Å²) in [5.74, 6) is -0.394. The van der Waals surface area contributed by atoms with E-state index in [1.54, 1.807) is 12.1 Å². The maximum atomic E-state index is 11.4. The normalized spacial score (nSPS) is 15.2. The Bertz CT molecular complexity index is 999. The number of likely N-dealkylation sites (N-methyl/N-ethyl adjacent to an activating group) is 1. The maximum Gasteiger partial charge on any atom is 0.292 e. The second kappa shape index (κ2) is 9.48. The van der Waals surface area contributed by atoms with Crippen molar-refractivity contribution in [2.45, 2.75) is 19.9 Å². The average Bonchev–Trinajstić information content (AvgIpc) is 2.91. The van der Waals surface area contributed by atoms with Crippen molar-refractivity contribution in [3.63, 3.8) is 0 Å². The minimum absolute atomic E-state index is 0.117. The van der Waals surface area contributed by atoms with E-state index >= 15 is 0 Å². The molecular weight excluding hydrogens is 382 g/mol. The van der Waals surface area contributed by atoms with Gasteiger partial charge in [0.25, 0.3) is 5.69 Å². The molecule has 2 aromatic carbocycles. The van der Waals surface area contributed by atoms with Crippen molar-refractivity contribution < 1.29 is 9.72 Å². The molecule has 1 N–H and O–H groups in total. The van der Waals surface area contributed by atoms with Gasteiger partial charge in [-0.2, -0.15) is 5.26 Å². The molecule has 1 saturated heterocycles. The van der Waals surface area contributed by atoms with Gasteiger partial charge in [0.2, 0.25) is 5.91 Å². The number of hydrogen-bond donors (Lipinski definition) is 1. The van der Waals surface area contributed by atoms with Gasteiger partial charge in [-0.1, -0.05) is 12.1 Å². The average molecular weight is 407 g/mol. The first-order valence-electron chi connectivity index (χ1n) is 9.87. The molecule has 0 radical (unpaired) electrons. The van der Waals surface area contributed by atoms with Crippen LogP contribution >= 0.6 is 0 Å². The molecule has 3 rings (SSSR count). The van der Waals surface area contributed by atoms with Crippen LogP contribution in [0.3, 0.4) is 0 Å². The lowest BCUT2D eigenvalue weighted by molar-refractivity contribution is -0.383. The van der Waals surface area contributed by atoms with Gasteiger partial charge in [0.1, 0.15) is 5.69 Å². The number of carbonyl (C=O) groups excluding carboxylic acids is 1. The summed E-state index contributed by atoms with van der Waals surface area (Å²) < 4.78 is 0. The topological polar surface area (TPSA) is 103 Å². The smallest absolute Gasteiger partial charge is 0.292 e. The van der Waals surface area contributed by atoms with Crippen molar-refractivity contribution in [3.8, 4) is 17.2 Å². The molecule has 8 heteroatoms. The van der Waals surface area contributed by atoms with E-state index in [0.29, 0.717) is 16.7 Å². The maximum absolute atomic E-state index is 11.4. The lowest BCUT2D eigenvalue weighted by Gasteiger charge is -2.20. The summed E-state index contributed by atoms with van der Waals surface area (Å²) >= 11 is 0. The lowest BCUT2D eigenvalue weighted by atomic mass is 9.97. The molecule has 1 aliphatic heterocycles. The third-order valence-corrected chi connectivity index (χ3v) is 5.24. The molecule has 0 spiro atoms. The van der Waals surface area contributed by atoms with Gasteiger partial charge in [-0.05, 0) is 61.4 Å². The van der Waals surface area contributed by atoms with E-state index in [1.807, 2.05) is 18.2 Å². The van der Waals surface area contributed by atoms with Crippen LogP contribution in [0.5, 0.6) is 0 Å². The second-order valence-corrected chi connectivity index (χ2v) is 7.59. The minimum atomic E-state index is -0.540. The van der Waals surface area contributed by atoms with Crippen LogP contribution in [-0.2, 0) is 11.3 Å². The Hall–Kier alpha value is -3.28. The predicted octanol–water partition coefficient (Wildman–Crippen LogP) is 3.23. The summed E-state index contributed by atoms with van der Waals surface area (Å²) in [5.41, 5.74) is 2.81. The van der Waals surface area contributed by atoms with E-state index in [2.05, 4.69) is 28.2 Å². The van der Waals surface area contributed by atoms with E-state index in [0.717, 1.165) is 44.7 Å². The SMILES string of the molecule is CC(=O)Nc1cc(-c2ccc(CN3CCCN(C)CC3)cc2C#N)ccc1[N+](=O)[O-]. The largest absolute Gasteiger partial charge is 0.321 e. The highest BCUT2D eigenvalue weighted by molar-refractivity contribution is 5.92. The number of hydrogen-bond acceptors (Lipinski definition) is 6.